The molecule has 80 valence electrons. The molecule has 4 aliphatic carbocycles. The summed E-state index contributed by atoms with van der Waals surface area (Å²) in [7, 11) is 6.15. The SMILES string of the molecule is [B]S12CS(C)(C3CC34C[C@H]41)[C@@H]1CC13C[C@@H]32. The van der Waals surface area contributed by atoms with Crippen LogP contribution in [0.3, 0.4) is 0 Å². The van der Waals surface area contributed by atoms with Crippen molar-refractivity contribution in [2.24, 2.45) is 10.8 Å². The maximum atomic E-state index is 6.98. The summed E-state index contributed by atoms with van der Waals surface area (Å²) in [5.74, 6) is 0. The summed E-state index contributed by atoms with van der Waals surface area (Å²) >= 11 is 0. The zero-order valence-corrected chi connectivity index (χ0v) is 10.9. The average molecular weight is 236 g/mol. The highest BCUT2D eigenvalue weighted by molar-refractivity contribution is 8.60. The van der Waals surface area contributed by atoms with Gasteiger partial charge in [-0.1, -0.05) is 0 Å². The third-order valence-corrected chi connectivity index (χ3v) is 17.9. The molecule has 2 radical (unpaired) electrons. The molecule has 6 aliphatic rings. The van der Waals surface area contributed by atoms with Gasteiger partial charge < -0.3 is 0 Å². The van der Waals surface area contributed by atoms with Crippen LogP contribution in [0.4, 0.5) is 0 Å². The maximum Gasteiger partial charge on any atom is 0.139 e. The molecule has 6 rings (SSSR count). The number of hydrogen-bond donors (Lipinski definition) is 0. The van der Waals surface area contributed by atoms with Crippen molar-refractivity contribution in [3.05, 3.63) is 0 Å². The lowest BCUT2D eigenvalue weighted by Crippen LogP contribution is -2.34. The maximum absolute atomic E-state index is 6.98. The first-order valence-electron chi connectivity index (χ1n) is 6.37. The van der Waals surface area contributed by atoms with Gasteiger partial charge in [-0.3, -0.25) is 9.88 Å². The molecule has 4 saturated carbocycles. The van der Waals surface area contributed by atoms with Crippen molar-refractivity contribution in [2.75, 3.05) is 11.3 Å². The molecule has 2 saturated heterocycles. The largest absolute Gasteiger partial charge is 0.269 e. The lowest BCUT2D eigenvalue weighted by molar-refractivity contribution is 0.867. The molecule has 0 nitrogen and oxygen atoms in total. The summed E-state index contributed by atoms with van der Waals surface area (Å²) in [6.45, 7) is 0. The molecule has 2 spiro atoms. The molecule has 3 heteroatoms. The quantitative estimate of drug-likeness (QED) is 0.566. The van der Waals surface area contributed by atoms with E-state index in [1.165, 1.54) is 10.5 Å². The zero-order chi connectivity index (χ0) is 9.84. The molecule has 15 heavy (non-hydrogen) atoms. The molecule has 5 unspecified atom stereocenters. The van der Waals surface area contributed by atoms with E-state index in [4.69, 9.17) is 7.12 Å². The lowest BCUT2D eigenvalue weighted by Gasteiger charge is -2.56. The molecular weight excluding hydrogens is 219 g/mol. The third kappa shape index (κ3) is 0.540. The first-order chi connectivity index (χ1) is 7.06. The summed E-state index contributed by atoms with van der Waals surface area (Å²) in [5, 5.41) is 6.13. The molecule has 2 heterocycles. The minimum absolute atomic E-state index is 0.230. The van der Waals surface area contributed by atoms with Crippen molar-refractivity contribution in [1.82, 2.24) is 0 Å². The molecule has 6 fully saturated rings. The van der Waals surface area contributed by atoms with E-state index in [1.54, 1.807) is 30.8 Å². The normalized spacial score (nSPS) is 96.9. The summed E-state index contributed by atoms with van der Waals surface area (Å²) in [6.07, 6.45) is 9.10. The monoisotopic (exact) mass is 236 g/mol. The minimum Gasteiger partial charge on any atom is -0.269 e. The van der Waals surface area contributed by atoms with Crippen molar-refractivity contribution < 1.29 is 0 Å². The van der Waals surface area contributed by atoms with Gasteiger partial charge in [0.1, 0.15) is 7.12 Å². The Bertz CT molecular complexity index is 373. The molecule has 2 bridgehead atoms. The van der Waals surface area contributed by atoms with Gasteiger partial charge in [-0.15, -0.1) is 0 Å². The fraction of sp³-hybridized carbons (Fsp3) is 1.00. The van der Waals surface area contributed by atoms with Crippen molar-refractivity contribution in [3.63, 3.8) is 0 Å². The van der Waals surface area contributed by atoms with E-state index in [1.807, 2.05) is 0 Å². The highest BCUT2D eigenvalue weighted by Gasteiger charge is 2.91. The Morgan fingerprint density at radius 3 is 1.93 bits per heavy atom. The second-order valence-electron chi connectivity index (χ2n) is 7.49. The summed E-state index contributed by atoms with van der Waals surface area (Å²) < 4.78 is 0. The van der Waals surface area contributed by atoms with E-state index >= 15 is 0 Å². The van der Waals surface area contributed by atoms with Gasteiger partial charge in [-0.25, -0.2) is 10.0 Å². The fourth-order valence-electron chi connectivity index (χ4n) is 6.05. The van der Waals surface area contributed by atoms with Crippen molar-refractivity contribution in [3.8, 4) is 0 Å². The fourth-order valence-corrected chi connectivity index (χ4v) is 20.7. The second kappa shape index (κ2) is 1.60. The molecule has 0 aromatic rings. The van der Waals surface area contributed by atoms with Crippen molar-refractivity contribution in [1.29, 1.82) is 0 Å². The topological polar surface area (TPSA) is 0 Å². The van der Waals surface area contributed by atoms with Crippen LogP contribution in [0.1, 0.15) is 25.7 Å². The smallest absolute Gasteiger partial charge is 0.139 e. The van der Waals surface area contributed by atoms with Gasteiger partial charge in [0, 0.05) is 0 Å². The van der Waals surface area contributed by atoms with Crippen LogP contribution in [-0.2, 0) is 0 Å². The van der Waals surface area contributed by atoms with Crippen LogP contribution in [-0.4, -0.2) is 39.5 Å². The molecule has 0 N–H and O–H groups in total. The van der Waals surface area contributed by atoms with E-state index in [2.05, 4.69) is 6.26 Å². The number of hydrogen-bond acceptors (Lipinski definition) is 0. The zero-order valence-electron chi connectivity index (χ0n) is 9.24. The van der Waals surface area contributed by atoms with Crippen LogP contribution in [0.2, 0.25) is 0 Å². The predicted molar refractivity (Wildman–Crippen MR) is 70.2 cm³/mol. The molecule has 8 atom stereocenters. The van der Waals surface area contributed by atoms with Gasteiger partial charge in [0.25, 0.3) is 0 Å². The van der Waals surface area contributed by atoms with Gasteiger partial charge >= 0.3 is 0 Å². The van der Waals surface area contributed by atoms with Crippen LogP contribution in [0, 0.1) is 10.8 Å². The first-order valence-corrected chi connectivity index (χ1v) is 10.7. The van der Waals surface area contributed by atoms with Crippen LogP contribution < -0.4 is 0 Å². The van der Waals surface area contributed by atoms with E-state index < -0.39 is 9.88 Å². The van der Waals surface area contributed by atoms with E-state index in [-0.39, 0.29) is 10.0 Å². The Balaban J connectivity index is 1.65. The summed E-state index contributed by atoms with van der Waals surface area (Å²) in [6, 6.07) is 0. The molecule has 0 aromatic heterocycles. The Morgan fingerprint density at radius 1 is 0.933 bits per heavy atom. The predicted octanol–water partition coefficient (Wildman–Crippen LogP) is 2.36. The Hall–Kier alpha value is 0.765. The molecular formula is C12H17BS2. The number of fused-ring (bicyclic) bond motifs is 6. The highest BCUT2D eigenvalue weighted by atomic mass is 32.3. The van der Waals surface area contributed by atoms with Gasteiger partial charge in [0.05, 0.1) is 0 Å². The average Bonchev–Trinajstić information content (AvgIpc) is 3.05. The van der Waals surface area contributed by atoms with Gasteiger partial charge in [-0.2, -0.15) is 0 Å². The lowest BCUT2D eigenvalue weighted by atomic mass is 10.4. The molecule has 0 amide bonds. The Labute approximate surface area is 95.9 Å². The van der Waals surface area contributed by atoms with E-state index in [0.29, 0.717) is 0 Å². The van der Waals surface area contributed by atoms with Gasteiger partial charge in [0.2, 0.25) is 0 Å². The van der Waals surface area contributed by atoms with E-state index in [0.717, 1.165) is 21.3 Å². The van der Waals surface area contributed by atoms with Crippen LogP contribution >= 0.6 is 19.9 Å². The summed E-state index contributed by atoms with van der Waals surface area (Å²) in [4.78, 5) is 0. The van der Waals surface area contributed by atoms with Crippen LogP contribution in [0.5, 0.6) is 0 Å². The Kier molecular flexibility index (Phi) is 0.852. The van der Waals surface area contributed by atoms with E-state index in [9.17, 15) is 0 Å². The van der Waals surface area contributed by atoms with Gasteiger partial charge in [0.15, 0.2) is 0 Å². The Morgan fingerprint density at radius 2 is 1.40 bits per heavy atom. The number of rotatable bonds is 0. The van der Waals surface area contributed by atoms with Crippen LogP contribution in [0.25, 0.3) is 0 Å². The highest BCUT2D eigenvalue weighted by Crippen LogP contribution is 3.05. The first kappa shape index (κ1) is 7.97. The standard InChI is InChI=1S/C12H17BS2/c1-14-6-15(13,9-4-11(9)2-7(11)14)10-5-12(10)3-8(12)14/h7-10H,2-6H2,1H3/t7-,8?,9+,10-,11?,12?/m1/s1. The second-order valence-corrected chi connectivity index (χ2v) is 15.0. The molecule has 2 aliphatic heterocycles. The van der Waals surface area contributed by atoms with Crippen LogP contribution in [0.15, 0.2) is 0 Å². The minimum atomic E-state index is -0.605. The van der Waals surface area contributed by atoms with Crippen molar-refractivity contribution >= 4 is 27.0 Å². The van der Waals surface area contributed by atoms with Gasteiger partial charge in [-0.05, 0) is 68.9 Å². The van der Waals surface area contributed by atoms with Crippen molar-refractivity contribution in [2.45, 2.75) is 46.7 Å². The third-order valence-electron chi connectivity index (χ3n) is 7.00. The molecule has 0 aromatic carbocycles. The summed E-state index contributed by atoms with van der Waals surface area (Å²) in [5.41, 5.74) is 1.79.